The van der Waals surface area contributed by atoms with E-state index in [1.54, 1.807) is 30.3 Å². The van der Waals surface area contributed by atoms with E-state index in [1.807, 2.05) is 37.3 Å². The molecule has 5 nitrogen and oxygen atoms in total. The number of carbonyl (C=O) groups excluding carboxylic acids is 1. The average molecular weight is 594 g/mol. The average Bonchev–Trinajstić information content (AvgIpc) is 3.15. The molecule has 0 bridgehead atoms. The molecule has 1 aliphatic rings. The zero-order valence-electron chi connectivity index (χ0n) is 17.7. The molecule has 8 heteroatoms. The maximum Gasteiger partial charge on any atom is 0.363 e. The van der Waals surface area contributed by atoms with Crippen LogP contribution in [0.15, 0.2) is 65.3 Å². The lowest BCUT2D eigenvalue weighted by atomic mass is 10.1. The Balaban J connectivity index is 1.59. The third-order valence-electron chi connectivity index (χ3n) is 4.88. The highest BCUT2D eigenvalue weighted by molar-refractivity contribution is 14.1. The number of aryl methyl sites for hydroxylation is 1. The van der Waals surface area contributed by atoms with Gasteiger partial charge in [-0.3, -0.25) is 0 Å². The Hall–Kier alpha value is -2.55. The third kappa shape index (κ3) is 5.51. The van der Waals surface area contributed by atoms with Gasteiger partial charge in [0.05, 0.1) is 12.1 Å². The van der Waals surface area contributed by atoms with Crippen LogP contribution in [0, 0.1) is 10.5 Å². The number of halogens is 3. The molecule has 0 unspecified atom stereocenters. The first-order valence-electron chi connectivity index (χ1n) is 9.88. The molecule has 1 heterocycles. The number of nitrogens with zero attached hydrogens (tertiary/aromatic N) is 1. The molecule has 0 amide bonds. The number of aliphatic imine (C=N–C) groups is 1. The maximum absolute atomic E-state index is 12.4. The number of ether oxygens (including phenoxy) is 3. The molecule has 0 saturated heterocycles. The minimum atomic E-state index is -0.528. The first kappa shape index (κ1) is 23.6. The molecule has 4 rings (SSSR count). The molecular formula is C25H18Cl2INO4. The van der Waals surface area contributed by atoms with Gasteiger partial charge in [-0.05, 0) is 94.7 Å². The van der Waals surface area contributed by atoms with Gasteiger partial charge in [0.15, 0.2) is 17.2 Å². The SMILES string of the molecule is COc1cc(/C=C2\N=C(c3ccc(I)c(C)c3)OC2=O)cc(Cl)c1OCc1ccc(Cl)cc1. The topological polar surface area (TPSA) is 57.1 Å². The second-order valence-corrected chi connectivity index (χ2v) is 9.26. The van der Waals surface area contributed by atoms with Crippen molar-refractivity contribution in [1.29, 1.82) is 0 Å². The molecule has 0 spiro atoms. The van der Waals surface area contributed by atoms with Crippen LogP contribution >= 0.6 is 45.8 Å². The van der Waals surface area contributed by atoms with Crippen LogP contribution in [0.2, 0.25) is 10.0 Å². The fourth-order valence-corrected chi connectivity index (χ4v) is 3.90. The molecule has 0 aliphatic carbocycles. The minimum absolute atomic E-state index is 0.175. The number of esters is 1. The highest BCUT2D eigenvalue weighted by Crippen LogP contribution is 2.38. The smallest absolute Gasteiger partial charge is 0.363 e. The molecule has 0 radical (unpaired) electrons. The van der Waals surface area contributed by atoms with Crippen LogP contribution in [0.5, 0.6) is 11.5 Å². The van der Waals surface area contributed by atoms with Crippen molar-refractivity contribution in [3.8, 4) is 11.5 Å². The lowest BCUT2D eigenvalue weighted by molar-refractivity contribution is -0.129. The lowest BCUT2D eigenvalue weighted by Crippen LogP contribution is -2.05. The number of methoxy groups -OCH3 is 1. The first-order chi connectivity index (χ1) is 15.8. The standard InChI is InChI=1S/C25H18Cl2INO4/c1-14-9-17(5-8-20(14)28)24-29-21(25(30)33-24)11-16-10-19(27)23(22(12-16)31-2)32-13-15-3-6-18(26)7-4-15/h3-12H,13H2,1-2H3/b21-11-. The van der Waals surface area contributed by atoms with Crippen molar-refractivity contribution in [3.05, 3.63) is 96.2 Å². The molecular weight excluding hydrogens is 576 g/mol. The Morgan fingerprint density at radius 1 is 1.09 bits per heavy atom. The summed E-state index contributed by atoms with van der Waals surface area (Å²) in [5.41, 5.74) is 3.56. The summed E-state index contributed by atoms with van der Waals surface area (Å²) in [6, 6.07) is 16.5. The van der Waals surface area contributed by atoms with Gasteiger partial charge >= 0.3 is 5.97 Å². The van der Waals surface area contributed by atoms with E-state index in [0.717, 1.165) is 20.3 Å². The number of rotatable bonds is 6. The second-order valence-electron chi connectivity index (χ2n) is 7.25. The molecule has 0 N–H and O–H groups in total. The zero-order valence-corrected chi connectivity index (χ0v) is 21.4. The van der Waals surface area contributed by atoms with Crippen LogP contribution in [-0.2, 0) is 16.1 Å². The molecule has 0 fully saturated rings. The van der Waals surface area contributed by atoms with Crippen molar-refractivity contribution in [1.82, 2.24) is 0 Å². The monoisotopic (exact) mass is 593 g/mol. The van der Waals surface area contributed by atoms with Gasteiger partial charge in [0.2, 0.25) is 5.90 Å². The van der Waals surface area contributed by atoms with Crippen molar-refractivity contribution in [3.63, 3.8) is 0 Å². The second kappa shape index (κ2) is 10.2. The third-order valence-corrected chi connectivity index (χ3v) is 6.62. The highest BCUT2D eigenvalue weighted by atomic mass is 127. The number of hydrogen-bond donors (Lipinski definition) is 0. The van der Waals surface area contributed by atoms with E-state index >= 15 is 0 Å². The van der Waals surface area contributed by atoms with Gasteiger partial charge < -0.3 is 14.2 Å². The Kier molecular flexibility index (Phi) is 7.26. The van der Waals surface area contributed by atoms with Crippen LogP contribution in [0.1, 0.15) is 22.3 Å². The molecule has 1 aliphatic heterocycles. The summed E-state index contributed by atoms with van der Waals surface area (Å²) in [6.45, 7) is 2.29. The van der Waals surface area contributed by atoms with E-state index in [-0.39, 0.29) is 11.6 Å². The molecule has 3 aromatic carbocycles. The van der Waals surface area contributed by atoms with E-state index in [1.165, 1.54) is 7.11 Å². The van der Waals surface area contributed by atoms with Gasteiger partial charge in [0.1, 0.15) is 6.61 Å². The zero-order chi connectivity index (χ0) is 23.5. The molecule has 33 heavy (non-hydrogen) atoms. The van der Waals surface area contributed by atoms with Gasteiger partial charge in [-0.15, -0.1) is 0 Å². The van der Waals surface area contributed by atoms with E-state index in [9.17, 15) is 4.79 Å². The Bertz CT molecular complexity index is 1290. The fourth-order valence-electron chi connectivity index (χ4n) is 3.17. The maximum atomic E-state index is 12.4. The summed E-state index contributed by atoms with van der Waals surface area (Å²) in [5, 5.41) is 0.999. The summed E-state index contributed by atoms with van der Waals surface area (Å²) < 4.78 is 17.9. The predicted octanol–water partition coefficient (Wildman–Crippen LogP) is 6.84. The molecule has 3 aromatic rings. The van der Waals surface area contributed by atoms with Gasteiger partial charge in [-0.1, -0.05) is 35.3 Å². The summed E-state index contributed by atoms with van der Waals surface area (Å²) in [7, 11) is 1.52. The van der Waals surface area contributed by atoms with Gasteiger partial charge in [0, 0.05) is 14.2 Å². The van der Waals surface area contributed by atoms with Crippen molar-refractivity contribution < 1.29 is 19.0 Å². The fraction of sp³-hybridized carbons (Fsp3) is 0.120. The largest absolute Gasteiger partial charge is 0.493 e. The Morgan fingerprint density at radius 3 is 2.55 bits per heavy atom. The highest BCUT2D eigenvalue weighted by Gasteiger charge is 2.25. The van der Waals surface area contributed by atoms with E-state index in [0.29, 0.717) is 33.7 Å². The summed E-state index contributed by atoms with van der Waals surface area (Å²) >= 11 is 14.7. The Labute approximate surface area is 215 Å². The number of carbonyl (C=O) groups is 1. The van der Waals surface area contributed by atoms with Crippen LogP contribution < -0.4 is 9.47 Å². The summed E-state index contributed by atoms with van der Waals surface area (Å²) in [4.78, 5) is 16.8. The molecule has 0 saturated carbocycles. The van der Waals surface area contributed by atoms with Crippen LogP contribution in [0.25, 0.3) is 6.08 Å². The van der Waals surface area contributed by atoms with Crippen molar-refractivity contribution in [2.45, 2.75) is 13.5 Å². The summed E-state index contributed by atoms with van der Waals surface area (Å²) in [5.74, 6) is 0.585. The normalized spacial score (nSPS) is 14.3. The van der Waals surface area contributed by atoms with Crippen LogP contribution in [0.3, 0.4) is 0 Å². The van der Waals surface area contributed by atoms with Crippen LogP contribution in [0.4, 0.5) is 0 Å². The van der Waals surface area contributed by atoms with Crippen molar-refractivity contribution >= 4 is 63.7 Å². The predicted molar refractivity (Wildman–Crippen MR) is 138 cm³/mol. The number of benzene rings is 3. The summed E-state index contributed by atoms with van der Waals surface area (Å²) in [6.07, 6.45) is 1.60. The van der Waals surface area contributed by atoms with Crippen molar-refractivity contribution in [2.75, 3.05) is 7.11 Å². The van der Waals surface area contributed by atoms with Gasteiger partial charge in [0.25, 0.3) is 0 Å². The molecule has 0 atom stereocenters. The number of hydrogen-bond acceptors (Lipinski definition) is 5. The lowest BCUT2D eigenvalue weighted by Gasteiger charge is -2.13. The van der Waals surface area contributed by atoms with Crippen molar-refractivity contribution in [2.24, 2.45) is 4.99 Å². The van der Waals surface area contributed by atoms with Gasteiger partial charge in [-0.2, -0.15) is 0 Å². The Morgan fingerprint density at radius 2 is 1.85 bits per heavy atom. The van der Waals surface area contributed by atoms with Gasteiger partial charge in [-0.25, -0.2) is 9.79 Å². The van der Waals surface area contributed by atoms with E-state index < -0.39 is 5.97 Å². The molecule has 0 aromatic heterocycles. The minimum Gasteiger partial charge on any atom is -0.493 e. The number of cyclic esters (lactones) is 1. The quantitative estimate of drug-likeness (QED) is 0.178. The van der Waals surface area contributed by atoms with Crippen LogP contribution in [-0.4, -0.2) is 19.0 Å². The van der Waals surface area contributed by atoms with E-state index in [2.05, 4.69) is 27.6 Å². The molecule has 168 valence electrons. The first-order valence-corrected chi connectivity index (χ1v) is 11.7. The van der Waals surface area contributed by atoms with E-state index in [4.69, 9.17) is 37.4 Å².